The van der Waals surface area contributed by atoms with Crippen molar-refractivity contribution in [3.05, 3.63) is 23.8 Å². The van der Waals surface area contributed by atoms with Gasteiger partial charge in [0.05, 0.1) is 18.8 Å². The van der Waals surface area contributed by atoms with Crippen molar-refractivity contribution >= 4 is 5.97 Å². The lowest BCUT2D eigenvalue weighted by atomic mass is 10.2. The van der Waals surface area contributed by atoms with Crippen LogP contribution >= 0.6 is 0 Å². The topological polar surface area (TPSA) is 65.0 Å². The maximum Gasteiger partial charge on any atom is 0.338 e. The number of benzene rings is 1. The Morgan fingerprint density at radius 2 is 2.12 bits per heavy atom. The van der Waals surface area contributed by atoms with Gasteiger partial charge in [0.2, 0.25) is 0 Å². The highest BCUT2D eigenvalue weighted by Crippen LogP contribution is 2.27. The number of carbonyl (C=O) groups is 1. The summed E-state index contributed by atoms with van der Waals surface area (Å²) in [6.45, 7) is 2.74. The number of phenolic OH excluding ortho intramolecular Hbond substituents is 1. The molecule has 1 aromatic rings. The quantitative estimate of drug-likeness (QED) is 0.604. The van der Waals surface area contributed by atoms with Crippen LogP contribution < -0.4 is 4.74 Å². The van der Waals surface area contributed by atoms with E-state index >= 15 is 0 Å². The molecule has 0 heterocycles. The van der Waals surface area contributed by atoms with Crippen molar-refractivity contribution in [1.29, 1.82) is 0 Å². The van der Waals surface area contributed by atoms with Gasteiger partial charge in [0.1, 0.15) is 6.61 Å². The van der Waals surface area contributed by atoms with Gasteiger partial charge in [-0.15, -0.1) is 0 Å². The predicted octanol–water partition coefficient (Wildman–Crippen LogP) is 1.59. The zero-order valence-corrected chi connectivity index (χ0v) is 9.93. The molecule has 1 rings (SSSR count). The molecule has 0 aromatic heterocycles. The summed E-state index contributed by atoms with van der Waals surface area (Å²) in [5.74, 6) is -0.217. The van der Waals surface area contributed by atoms with E-state index in [2.05, 4.69) is 0 Å². The van der Waals surface area contributed by atoms with E-state index in [0.29, 0.717) is 25.4 Å². The SMILES string of the molecule is CCOC(=O)c1ccc(O)c(OCCOC)c1. The predicted molar refractivity (Wildman–Crippen MR) is 61.4 cm³/mol. The number of ether oxygens (including phenoxy) is 3. The molecule has 5 heteroatoms. The van der Waals surface area contributed by atoms with Crippen LogP contribution in [0, 0.1) is 0 Å². The van der Waals surface area contributed by atoms with Crippen molar-refractivity contribution in [2.75, 3.05) is 26.9 Å². The summed E-state index contributed by atoms with van der Waals surface area (Å²) < 4.78 is 14.9. The molecule has 0 aliphatic rings. The first-order valence-electron chi connectivity index (χ1n) is 5.31. The normalized spacial score (nSPS) is 10.0. The summed E-state index contributed by atoms with van der Waals surface area (Å²) >= 11 is 0. The Kier molecular flexibility index (Phi) is 5.29. The molecule has 17 heavy (non-hydrogen) atoms. The Labute approximate surface area is 99.9 Å². The van der Waals surface area contributed by atoms with Crippen LogP contribution in [-0.4, -0.2) is 38.0 Å². The third kappa shape index (κ3) is 3.96. The summed E-state index contributed by atoms with van der Waals surface area (Å²) in [6.07, 6.45) is 0. The van der Waals surface area contributed by atoms with Crippen LogP contribution in [0.1, 0.15) is 17.3 Å². The Hall–Kier alpha value is -1.75. The highest BCUT2D eigenvalue weighted by Gasteiger charge is 2.10. The first-order valence-corrected chi connectivity index (χ1v) is 5.31. The molecule has 0 amide bonds. The molecule has 0 bridgehead atoms. The van der Waals surface area contributed by atoms with Crippen LogP contribution in [-0.2, 0) is 9.47 Å². The molecule has 0 saturated heterocycles. The van der Waals surface area contributed by atoms with E-state index in [4.69, 9.17) is 14.2 Å². The first-order chi connectivity index (χ1) is 8.19. The second-order valence-electron chi connectivity index (χ2n) is 3.24. The summed E-state index contributed by atoms with van der Waals surface area (Å²) in [5.41, 5.74) is 0.345. The lowest BCUT2D eigenvalue weighted by Crippen LogP contribution is -2.07. The number of hydrogen-bond acceptors (Lipinski definition) is 5. The van der Waals surface area contributed by atoms with E-state index in [0.717, 1.165) is 0 Å². The van der Waals surface area contributed by atoms with Gasteiger partial charge >= 0.3 is 5.97 Å². The smallest absolute Gasteiger partial charge is 0.338 e. The lowest BCUT2D eigenvalue weighted by Gasteiger charge is -2.09. The van der Waals surface area contributed by atoms with E-state index < -0.39 is 5.97 Å². The number of phenols is 1. The van der Waals surface area contributed by atoms with Crippen LogP contribution in [0.2, 0.25) is 0 Å². The van der Waals surface area contributed by atoms with E-state index in [1.807, 2.05) is 0 Å². The maximum atomic E-state index is 11.5. The number of hydrogen-bond donors (Lipinski definition) is 1. The summed E-state index contributed by atoms with van der Waals surface area (Å²) in [7, 11) is 1.55. The van der Waals surface area contributed by atoms with Crippen molar-refractivity contribution in [1.82, 2.24) is 0 Å². The van der Waals surface area contributed by atoms with Crippen LogP contribution in [0.3, 0.4) is 0 Å². The minimum Gasteiger partial charge on any atom is -0.504 e. The second kappa shape index (κ2) is 6.75. The number of carbonyl (C=O) groups excluding carboxylic acids is 1. The molecule has 0 atom stereocenters. The van der Waals surface area contributed by atoms with Crippen molar-refractivity contribution in [3.8, 4) is 11.5 Å². The molecule has 1 aromatic carbocycles. The average molecular weight is 240 g/mol. The second-order valence-corrected chi connectivity index (χ2v) is 3.24. The van der Waals surface area contributed by atoms with Gasteiger partial charge < -0.3 is 19.3 Å². The molecule has 0 aliphatic heterocycles. The Bertz CT molecular complexity index is 375. The molecular formula is C12H16O5. The van der Waals surface area contributed by atoms with Crippen LogP contribution in [0.15, 0.2) is 18.2 Å². The fourth-order valence-corrected chi connectivity index (χ4v) is 1.21. The van der Waals surface area contributed by atoms with E-state index in [9.17, 15) is 9.90 Å². The summed E-state index contributed by atoms with van der Waals surface area (Å²) in [4.78, 5) is 11.5. The highest BCUT2D eigenvalue weighted by atomic mass is 16.5. The third-order valence-corrected chi connectivity index (χ3v) is 2.02. The minimum atomic E-state index is -0.441. The maximum absolute atomic E-state index is 11.5. The molecule has 5 nitrogen and oxygen atoms in total. The van der Waals surface area contributed by atoms with Gasteiger partial charge in [0.25, 0.3) is 0 Å². The third-order valence-electron chi connectivity index (χ3n) is 2.02. The molecule has 0 saturated carbocycles. The number of esters is 1. The van der Waals surface area contributed by atoms with Gasteiger partial charge in [-0.1, -0.05) is 0 Å². The van der Waals surface area contributed by atoms with Gasteiger partial charge in [0.15, 0.2) is 11.5 Å². The fraction of sp³-hybridized carbons (Fsp3) is 0.417. The molecule has 0 fully saturated rings. The largest absolute Gasteiger partial charge is 0.504 e. The Balaban J connectivity index is 2.75. The van der Waals surface area contributed by atoms with E-state index in [1.165, 1.54) is 18.2 Å². The molecule has 94 valence electrons. The molecule has 0 radical (unpaired) electrons. The summed E-state index contributed by atoms with van der Waals surface area (Å²) in [6, 6.07) is 4.33. The van der Waals surface area contributed by atoms with Crippen LogP contribution in [0.5, 0.6) is 11.5 Å². The number of methoxy groups -OCH3 is 1. The number of rotatable bonds is 6. The van der Waals surface area contributed by atoms with Gasteiger partial charge in [0, 0.05) is 7.11 Å². The van der Waals surface area contributed by atoms with Crippen molar-refractivity contribution < 1.29 is 24.1 Å². The van der Waals surface area contributed by atoms with Crippen molar-refractivity contribution in [3.63, 3.8) is 0 Å². The monoisotopic (exact) mass is 240 g/mol. The lowest BCUT2D eigenvalue weighted by molar-refractivity contribution is 0.0525. The highest BCUT2D eigenvalue weighted by molar-refractivity contribution is 5.90. The zero-order valence-electron chi connectivity index (χ0n) is 9.93. The van der Waals surface area contributed by atoms with Gasteiger partial charge in [-0.05, 0) is 25.1 Å². The van der Waals surface area contributed by atoms with Crippen molar-refractivity contribution in [2.45, 2.75) is 6.92 Å². The van der Waals surface area contributed by atoms with Crippen LogP contribution in [0.25, 0.3) is 0 Å². The Morgan fingerprint density at radius 1 is 1.35 bits per heavy atom. The molecule has 0 spiro atoms. The summed E-state index contributed by atoms with van der Waals surface area (Å²) in [5, 5.41) is 9.53. The number of aromatic hydroxyl groups is 1. The average Bonchev–Trinajstić information content (AvgIpc) is 2.32. The van der Waals surface area contributed by atoms with E-state index in [1.54, 1.807) is 14.0 Å². The van der Waals surface area contributed by atoms with Gasteiger partial charge in [-0.2, -0.15) is 0 Å². The zero-order chi connectivity index (χ0) is 12.7. The van der Waals surface area contributed by atoms with Gasteiger partial charge in [-0.3, -0.25) is 0 Å². The molecule has 1 N–H and O–H groups in total. The molecular weight excluding hydrogens is 224 g/mol. The van der Waals surface area contributed by atoms with Crippen LogP contribution in [0.4, 0.5) is 0 Å². The minimum absolute atomic E-state index is 0.0193. The first kappa shape index (κ1) is 13.3. The van der Waals surface area contributed by atoms with Gasteiger partial charge in [-0.25, -0.2) is 4.79 Å². The molecule has 0 unspecified atom stereocenters. The Morgan fingerprint density at radius 3 is 2.76 bits per heavy atom. The fourth-order valence-electron chi connectivity index (χ4n) is 1.21. The standard InChI is InChI=1S/C12H16O5/c1-3-16-12(14)9-4-5-10(13)11(8-9)17-7-6-15-2/h4-5,8,13H,3,6-7H2,1-2H3. The molecule has 0 aliphatic carbocycles. The van der Waals surface area contributed by atoms with Crippen molar-refractivity contribution in [2.24, 2.45) is 0 Å². The van der Waals surface area contributed by atoms with E-state index in [-0.39, 0.29) is 11.5 Å².